The van der Waals surface area contributed by atoms with Gasteiger partial charge in [-0.05, 0) is 43.0 Å². The highest BCUT2D eigenvalue weighted by atomic mass is 32.1. The molecule has 1 atom stereocenters. The van der Waals surface area contributed by atoms with Crippen molar-refractivity contribution in [3.8, 4) is 11.3 Å². The summed E-state index contributed by atoms with van der Waals surface area (Å²) in [5.74, 6) is -0.0699. The van der Waals surface area contributed by atoms with Crippen molar-refractivity contribution in [2.24, 2.45) is 0 Å². The monoisotopic (exact) mass is 408 g/mol. The molecule has 2 heterocycles. The number of hydrogen-bond donors (Lipinski definition) is 1. The van der Waals surface area contributed by atoms with Crippen LogP contribution in [-0.2, 0) is 0 Å². The maximum absolute atomic E-state index is 13.5. The van der Waals surface area contributed by atoms with Crippen LogP contribution in [-0.4, -0.2) is 10.9 Å². The van der Waals surface area contributed by atoms with Crippen molar-refractivity contribution in [2.45, 2.75) is 33.1 Å². The highest BCUT2D eigenvalue weighted by Crippen LogP contribution is 2.29. The molecule has 0 aliphatic rings. The van der Waals surface area contributed by atoms with Gasteiger partial charge in [0.2, 0.25) is 0 Å². The van der Waals surface area contributed by atoms with Crippen LogP contribution in [0, 0.1) is 12.7 Å². The van der Waals surface area contributed by atoms with Gasteiger partial charge in [0, 0.05) is 21.9 Å². The van der Waals surface area contributed by atoms with Crippen LogP contribution in [0.25, 0.3) is 22.2 Å². The number of hydrogen-bond acceptors (Lipinski definition) is 4. The maximum atomic E-state index is 13.5. The first-order valence-corrected chi connectivity index (χ1v) is 10.4. The molecule has 0 spiro atoms. The number of carbonyl (C=O) groups excluding carboxylic acids is 1. The lowest BCUT2D eigenvalue weighted by molar-refractivity contribution is 0.0998. The van der Waals surface area contributed by atoms with Gasteiger partial charge in [0.25, 0.3) is 5.91 Å². The molecule has 4 aromatic rings. The fourth-order valence-electron chi connectivity index (χ4n) is 3.25. The molecule has 1 unspecified atom stereocenters. The average molecular weight is 408 g/mol. The van der Waals surface area contributed by atoms with E-state index in [1.807, 2.05) is 5.38 Å². The first-order chi connectivity index (χ1) is 14.0. The van der Waals surface area contributed by atoms with E-state index in [0.717, 1.165) is 17.7 Å². The number of halogens is 1. The summed E-state index contributed by atoms with van der Waals surface area (Å²) in [5.41, 5.74) is 4.20. The Balaban J connectivity index is 1.53. The summed E-state index contributed by atoms with van der Waals surface area (Å²) in [6.45, 7) is 6.13. The van der Waals surface area contributed by atoms with Crippen molar-refractivity contribution in [2.75, 3.05) is 5.32 Å². The Morgan fingerprint density at radius 2 is 2.00 bits per heavy atom. The topological polar surface area (TPSA) is 55.1 Å². The van der Waals surface area contributed by atoms with Crippen molar-refractivity contribution >= 4 is 33.3 Å². The number of nitrogens with zero attached hydrogens (tertiary/aromatic N) is 1. The van der Waals surface area contributed by atoms with Gasteiger partial charge in [0.1, 0.15) is 11.4 Å². The zero-order valence-electron chi connectivity index (χ0n) is 16.5. The van der Waals surface area contributed by atoms with Crippen molar-refractivity contribution in [1.82, 2.24) is 4.98 Å². The smallest absolute Gasteiger partial charge is 0.293 e. The minimum absolute atomic E-state index is 0.167. The zero-order chi connectivity index (χ0) is 20.5. The number of thiazole rings is 1. The van der Waals surface area contributed by atoms with E-state index < -0.39 is 5.91 Å². The lowest BCUT2D eigenvalue weighted by Gasteiger charge is -2.08. The molecule has 0 aliphatic carbocycles. The molecule has 2 aromatic carbocycles. The highest BCUT2D eigenvalue weighted by Gasteiger charge is 2.19. The van der Waals surface area contributed by atoms with Crippen molar-refractivity contribution in [3.05, 3.63) is 70.5 Å². The van der Waals surface area contributed by atoms with Gasteiger partial charge in [-0.15, -0.1) is 11.3 Å². The molecule has 0 fully saturated rings. The summed E-state index contributed by atoms with van der Waals surface area (Å²) in [5, 5.41) is 5.78. The van der Waals surface area contributed by atoms with Gasteiger partial charge in [-0.3, -0.25) is 10.1 Å². The summed E-state index contributed by atoms with van der Waals surface area (Å²) < 4.78 is 19.1. The standard InChI is InChI=1S/C23H21FN2O2S/c1-4-13(2)15-5-7-16(8-6-15)19-12-29-23(25-19)26-22(27)21-14(3)18-11-17(24)9-10-20(18)28-21/h5-13H,4H2,1-3H3,(H,25,26,27). The number of aryl methyl sites for hydroxylation is 1. The fourth-order valence-corrected chi connectivity index (χ4v) is 3.96. The van der Waals surface area contributed by atoms with E-state index in [1.165, 1.54) is 35.1 Å². The number of amides is 1. The van der Waals surface area contributed by atoms with E-state index in [0.29, 0.717) is 27.6 Å². The summed E-state index contributed by atoms with van der Waals surface area (Å²) in [6, 6.07) is 12.6. The Labute approximate surface area is 172 Å². The normalized spacial score (nSPS) is 12.3. The summed E-state index contributed by atoms with van der Waals surface area (Å²) in [4.78, 5) is 17.2. The molecule has 4 nitrogen and oxygen atoms in total. The number of fused-ring (bicyclic) bond motifs is 1. The van der Waals surface area contributed by atoms with Gasteiger partial charge in [0.15, 0.2) is 10.9 Å². The number of carbonyl (C=O) groups is 1. The molecule has 0 saturated heterocycles. The summed E-state index contributed by atoms with van der Waals surface area (Å²) in [7, 11) is 0. The number of furan rings is 1. The molecular weight excluding hydrogens is 387 g/mol. The molecule has 1 amide bonds. The Morgan fingerprint density at radius 1 is 1.24 bits per heavy atom. The first kappa shape index (κ1) is 19.3. The first-order valence-electron chi connectivity index (χ1n) is 9.52. The van der Waals surface area contributed by atoms with E-state index in [2.05, 4.69) is 48.4 Å². The van der Waals surface area contributed by atoms with E-state index >= 15 is 0 Å². The Morgan fingerprint density at radius 3 is 2.72 bits per heavy atom. The van der Waals surface area contributed by atoms with Gasteiger partial charge in [0.05, 0.1) is 5.69 Å². The molecule has 0 bridgehead atoms. The SMILES string of the molecule is CCC(C)c1ccc(-c2csc(NC(=O)c3oc4ccc(F)cc4c3C)n2)cc1. The quantitative estimate of drug-likeness (QED) is 0.396. The molecule has 2 aromatic heterocycles. The van der Waals surface area contributed by atoms with Crippen LogP contribution in [0.15, 0.2) is 52.3 Å². The van der Waals surface area contributed by atoms with Crippen molar-refractivity contribution in [1.29, 1.82) is 0 Å². The van der Waals surface area contributed by atoms with E-state index in [-0.39, 0.29) is 11.6 Å². The van der Waals surface area contributed by atoms with Crippen LogP contribution in [0.5, 0.6) is 0 Å². The molecule has 148 valence electrons. The van der Waals surface area contributed by atoms with Gasteiger partial charge in [-0.1, -0.05) is 38.1 Å². The minimum atomic E-state index is -0.396. The summed E-state index contributed by atoms with van der Waals surface area (Å²) in [6.07, 6.45) is 1.10. The number of anilines is 1. The third-order valence-corrected chi connectivity index (χ3v) is 5.97. The predicted octanol–water partition coefficient (Wildman–Crippen LogP) is 6.77. The van der Waals surface area contributed by atoms with E-state index in [9.17, 15) is 9.18 Å². The molecular formula is C23H21FN2O2S. The lowest BCUT2D eigenvalue weighted by atomic mass is 9.97. The van der Waals surface area contributed by atoms with Gasteiger partial charge < -0.3 is 4.42 Å². The Bertz CT molecular complexity index is 1180. The third-order valence-electron chi connectivity index (χ3n) is 5.22. The average Bonchev–Trinajstić information content (AvgIpc) is 3.32. The number of aromatic nitrogens is 1. The minimum Gasteiger partial charge on any atom is -0.451 e. The summed E-state index contributed by atoms with van der Waals surface area (Å²) >= 11 is 1.35. The van der Waals surface area contributed by atoms with Crippen molar-refractivity contribution < 1.29 is 13.6 Å². The second-order valence-electron chi connectivity index (χ2n) is 7.12. The molecule has 29 heavy (non-hydrogen) atoms. The molecule has 0 radical (unpaired) electrons. The largest absolute Gasteiger partial charge is 0.451 e. The van der Waals surface area contributed by atoms with Gasteiger partial charge in [-0.2, -0.15) is 0 Å². The molecule has 6 heteroatoms. The lowest BCUT2D eigenvalue weighted by Crippen LogP contribution is -2.11. The second-order valence-corrected chi connectivity index (χ2v) is 7.98. The van der Waals surface area contributed by atoms with Gasteiger partial charge >= 0.3 is 0 Å². The molecule has 1 N–H and O–H groups in total. The van der Waals surface area contributed by atoms with Crippen LogP contribution >= 0.6 is 11.3 Å². The third kappa shape index (κ3) is 3.80. The Kier molecular flexibility index (Phi) is 5.20. The second kappa shape index (κ2) is 7.79. The van der Waals surface area contributed by atoms with Crippen molar-refractivity contribution in [3.63, 3.8) is 0 Å². The predicted molar refractivity (Wildman–Crippen MR) is 115 cm³/mol. The number of nitrogens with one attached hydrogen (secondary N) is 1. The van der Waals surface area contributed by atoms with E-state index in [1.54, 1.807) is 6.92 Å². The Hall–Kier alpha value is -2.99. The van der Waals surface area contributed by atoms with Crippen LogP contribution in [0.3, 0.4) is 0 Å². The van der Waals surface area contributed by atoms with Gasteiger partial charge in [-0.25, -0.2) is 9.37 Å². The maximum Gasteiger partial charge on any atom is 0.293 e. The van der Waals surface area contributed by atoms with Crippen LogP contribution in [0.1, 0.15) is 47.9 Å². The number of benzene rings is 2. The zero-order valence-corrected chi connectivity index (χ0v) is 17.3. The van der Waals surface area contributed by atoms with Crippen LogP contribution in [0.2, 0.25) is 0 Å². The molecule has 0 aliphatic heterocycles. The van der Waals surface area contributed by atoms with Crippen LogP contribution < -0.4 is 5.32 Å². The number of rotatable bonds is 5. The highest BCUT2D eigenvalue weighted by molar-refractivity contribution is 7.14. The van der Waals surface area contributed by atoms with E-state index in [4.69, 9.17) is 4.42 Å². The molecule has 4 rings (SSSR count). The molecule has 0 saturated carbocycles. The fraction of sp³-hybridized carbons (Fsp3) is 0.217. The van der Waals surface area contributed by atoms with Crippen LogP contribution in [0.4, 0.5) is 9.52 Å².